The standard InChI is InChI=1S/C17H17NO.C2H6/c1-19-17-11-5-9-15(13-17)10-6-12-18-14-16-7-3-2-4-8-16;1-2/h2-13H,14H2,1H3;1-2H3/b10-6+,18-12?;. The highest BCUT2D eigenvalue weighted by atomic mass is 16.5. The highest BCUT2D eigenvalue weighted by molar-refractivity contribution is 5.78. The highest BCUT2D eigenvalue weighted by Gasteiger charge is 1.90. The molecule has 0 unspecified atom stereocenters. The van der Waals surface area contributed by atoms with Crippen LogP contribution >= 0.6 is 0 Å². The molecule has 0 bridgehead atoms. The lowest BCUT2D eigenvalue weighted by molar-refractivity contribution is 0.414. The minimum atomic E-state index is 0.712. The summed E-state index contributed by atoms with van der Waals surface area (Å²) in [5.74, 6) is 0.864. The molecule has 0 spiro atoms. The van der Waals surface area contributed by atoms with Crippen LogP contribution in [0.1, 0.15) is 25.0 Å². The summed E-state index contributed by atoms with van der Waals surface area (Å²) in [5.41, 5.74) is 2.32. The van der Waals surface area contributed by atoms with Crippen LogP contribution < -0.4 is 4.74 Å². The Bertz CT molecular complexity index is 559. The van der Waals surface area contributed by atoms with Crippen molar-refractivity contribution in [3.05, 3.63) is 71.8 Å². The first-order valence-corrected chi connectivity index (χ1v) is 7.23. The Kier molecular flexibility index (Phi) is 8.30. The summed E-state index contributed by atoms with van der Waals surface area (Å²) >= 11 is 0. The molecular formula is C19H23NO. The molecule has 110 valence electrons. The number of aliphatic imine (C=N–C) groups is 1. The summed E-state index contributed by atoms with van der Waals surface area (Å²) in [6.07, 6.45) is 5.78. The molecule has 21 heavy (non-hydrogen) atoms. The number of ether oxygens (including phenoxy) is 1. The molecule has 0 N–H and O–H groups in total. The number of hydrogen-bond acceptors (Lipinski definition) is 2. The molecule has 0 aliphatic rings. The van der Waals surface area contributed by atoms with Crippen molar-refractivity contribution in [2.45, 2.75) is 20.4 Å². The molecule has 2 rings (SSSR count). The van der Waals surface area contributed by atoms with E-state index in [-0.39, 0.29) is 0 Å². The lowest BCUT2D eigenvalue weighted by atomic mass is 10.2. The molecule has 0 aliphatic carbocycles. The van der Waals surface area contributed by atoms with Crippen molar-refractivity contribution in [1.82, 2.24) is 0 Å². The van der Waals surface area contributed by atoms with Crippen LogP contribution in [0.5, 0.6) is 5.75 Å². The molecule has 0 saturated heterocycles. The lowest BCUT2D eigenvalue weighted by Gasteiger charge is -1.99. The fourth-order valence-electron chi connectivity index (χ4n) is 1.70. The molecule has 2 aromatic rings. The minimum Gasteiger partial charge on any atom is -0.497 e. The molecule has 2 aromatic carbocycles. The maximum Gasteiger partial charge on any atom is 0.119 e. The summed E-state index contributed by atoms with van der Waals surface area (Å²) in [5, 5.41) is 0. The van der Waals surface area contributed by atoms with E-state index in [2.05, 4.69) is 17.1 Å². The average molecular weight is 281 g/mol. The molecule has 0 atom stereocenters. The summed E-state index contributed by atoms with van der Waals surface area (Å²) in [4.78, 5) is 4.36. The van der Waals surface area contributed by atoms with E-state index in [4.69, 9.17) is 4.74 Å². The van der Waals surface area contributed by atoms with Gasteiger partial charge in [-0.2, -0.15) is 0 Å². The van der Waals surface area contributed by atoms with E-state index in [1.54, 1.807) is 7.11 Å². The van der Waals surface area contributed by atoms with Crippen LogP contribution in [0.2, 0.25) is 0 Å². The van der Waals surface area contributed by atoms with E-state index >= 15 is 0 Å². The number of allylic oxidation sites excluding steroid dienone is 1. The Hall–Kier alpha value is -2.35. The Morgan fingerprint density at radius 1 is 1.00 bits per heavy atom. The van der Waals surface area contributed by atoms with E-state index in [1.807, 2.05) is 74.7 Å². The number of rotatable bonds is 5. The van der Waals surface area contributed by atoms with E-state index < -0.39 is 0 Å². The second-order valence-corrected chi connectivity index (χ2v) is 4.11. The smallest absolute Gasteiger partial charge is 0.119 e. The van der Waals surface area contributed by atoms with E-state index in [0.29, 0.717) is 6.54 Å². The average Bonchev–Trinajstić information content (AvgIpc) is 2.57. The van der Waals surface area contributed by atoms with Gasteiger partial charge < -0.3 is 4.74 Å². The molecule has 0 aliphatic heterocycles. The zero-order valence-electron chi connectivity index (χ0n) is 13.0. The van der Waals surface area contributed by atoms with Gasteiger partial charge in [-0.15, -0.1) is 0 Å². The number of methoxy groups -OCH3 is 1. The van der Waals surface area contributed by atoms with Gasteiger partial charge >= 0.3 is 0 Å². The normalized spacial score (nSPS) is 10.4. The Labute approximate surface area is 127 Å². The van der Waals surface area contributed by atoms with Gasteiger partial charge in [-0.05, 0) is 29.3 Å². The second-order valence-electron chi connectivity index (χ2n) is 4.11. The van der Waals surface area contributed by atoms with Gasteiger partial charge in [0.05, 0.1) is 13.7 Å². The molecular weight excluding hydrogens is 258 g/mol. The molecule has 2 heteroatoms. The van der Waals surface area contributed by atoms with Gasteiger partial charge in [0.2, 0.25) is 0 Å². The first-order chi connectivity index (χ1) is 10.4. The van der Waals surface area contributed by atoms with Crippen molar-refractivity contribution in [2.75, 3.05) is 7.11 Å². The van der Waals surface area contributed by atoms with E-state index in [0.717, 1.165) is 11.3 Å². The van der Waals surface area contributed by atoms with Gasteiger partial charge in [-0.1, -0.05) is 62.4 Å². The topological polar surface area (TPSA) is 21.6 Å². The number of benzene rings is 2. The quantitative estimate of drug-likeness (QED) is 0.706. The molecule has 0 heterocycles. The Balaban J connectivity index is 0.00000106. The molecule has 0 amide bonds. The van der Waals surface area contributed by atoms with Crippen molar-refractivity contribution in [1.29, 1.82) is 0 Å². The van der Waals surface area contributed by atoms with Gasteiger partial charge in [-0.3, -0.25) is 4.99 Å². The van der Waals surface area contributed by atoms with Crippen LogP contribution in [0, 0.1) is 0 Å². The van der Waals surface area contributed by atoms with E-state index in [9.17, 15) is 0 Å². The highest BCUT2D eigenvalue weighted by Crippen LogP contribution is 2.13. The number of nitrogens with zero attached hydrogens (tertiary/aromatic N) is 1. The van der Waals surface area contributed by atoms with Gasteiger partial charge in [0, 0.05) is 6.21 Å². The Morgan fingerprint density at radius 3 is 2.48 bits per heavy atom. The third kappa shape index (κ3) is 6.57. The molecule has 0 fully saturated rings. The summed E-state index contributed by atoms with van der Waals surface area (Å²) in [6.45, 7) is 4.71. The Morgan fingerprint density at radius 2 is 1.76 bits per heavy atom. The maximum absolute atomic E-state index is 5.17. The van der Waals surface area contributed by atoms with Crippen LogP contribution in [0.4, 0.5) is 0 Å². The fourth-order valence-corrected chi connectivity index (χ4v) is 1.70. The summed E-state index contributed by atoms with van der Waals surface area (Å²) in [7, 11) is 1.67. The van der Waals surface area contributed by atoms with Crippen LogP contribution in [0.15, 0.2) is 65.7 Å². The zero-order valence-corrected chi connectivity index (χ0v) is 13.0. The summed E-state index contributed by atoms with van der Waals surface area (Å²) < 4.78 is 5.17. The van der Waals surface area contributed by atoms with Crippen molar-refractivity contribution in [2.24, 2.45) is 4.99 Å². The maximum atomic E-state index is 5.17. The van der Waals surface area contributed by atoms with Gasteiger partial charge in [0.1, 0.15) is 5.75 Å². The van der Waals surface area contributed by atoms with E-state index in [1.165, 1.54) is 5.56 Å². The van der Waals surface area contributed by atoms with Gasteiger partial charge in [-0.25, -0.2) is 0 Å². The van der Waals surface area contributed by atoms with Crippen LogP contribution in [-0.4, -0.2) is 13.3 Å². The molecule has 0 aromatic heterocycles. The third-order valence-electron chi connectivity index (χ3n) is 2.69. The molecule has 2 nitrogen and oxygen atoms in total. The monoisotopic (exact) mass is 281 g/mol. The van der Waals surface area contributed by atoms with Crippen LogP contribution in [-0.2, 0) is 6.54 Å². The minimum absolute atomic E-state index is 0.712. The van der Waals surface area contributed by atoms with Gasteiger partial charge in [0.15, 0.2) is 0 Å². The lowest BCUT2D eigenvalue weighted by Crippen LogP contribution is -1.82. The van der Waals surface area contributed by atoms with Crippen molar-refractivity contribution >= 4 is 12.3 Å². The third-order valence-corrected chi connectivity index (χ3v) is 2.69. The largest absolute Gasteiger partial charge is 0.497 e. The molecule has 0 saturated carbocycles. The predicted octanol–water partition coefficient (Wildman–Crippen LogP) is 5.01. The van der Waals surface area contributed by atoms with Crippen LogP contribution in [0.25, 0.3) is 6.08 Å². The van der Waals surface area contributed by atoms with Crippen molar-refractivity contribution < 1.29 is 4.74 Å². The number of hydrogen-bond donors (Lipinski definition) is 0. The SMILES string of the molecule is CC.COc1cccc(/C=C/C=NCc2ccccc2)c1. The van der Waals surface area contributed by atoms with Crippen molar-refractivity contribution in [3.8, 4) is 5.75 Å². The second kappa shape index (κ2) is 10.4. The zero-order chi connectivity index (χ0) is 15.3. The van der Waals surface area contributed by atoms with Gasteiger partial charge in [0.25, 0.3) is 0 Å². The van der Waals surface area contributed by atoms with Crippen LogP contribution in [0.3, 0.4) is 0 Å². The fraction of sp³-hybridized carbons (Fsp3) is 0.211. The molecule has 0 radical (unpaired) electrons. The predicted molar refractivity (Wildman–Crippen MR) is 92.0 cm³/mol. The van der Waals surface area contributed by atoms with Crippen molar-refractivity contribution in [3.63, 3.8) is 0 Å². The first kappa shape index (κ1) is 16.7. The summed E-state index contributed by atoms with van der Waals surface area (Å²) in [6, 6.07) is 18.1. The first-order valence-electron chi connectivity index (χ1n) is 7.23.